The Kier molecular flexibility index (Phi) is 16.3. The highest BCUT2D eigenvalue weighted by atomic mass is 16.8. The zero-order valence-corrected chi connectivity index (χ0v) is 36.4. The maximum absolute atomic E-state index is 13.4. The van der Waals surface area contributed by atoms with Gasteiger partial charge in [-0.2, -0.15) is 0 Å². The van der Waals surface area contributed by atoms with Crippen LogP contribution in [0.1, 0.15) is 43.4 Å². The third-order valence-electron chi connectivity index (χ3n) is 12.5. The summed E-state index contributed by atoms with van der Waals surface area (Å²) in [5.74, 6) is -3.28. The van der Waals surface area contributed by atoms with Crippen molar-refractivity contribution in [2.24, 2.45) is 17.8 Å². The van der Waals surface area contributed by atoms with Crippen LogP contribution in [0.25, 0.3) is 0 Å². The van der Waals surface area contributed by atoms with Crippen LogP contribution in [0, 0.1) is 23.2 Å². The van der Waals surface area contributed by atoms with Crippen LogP contribution < -0.4 is 0 Å². The number of esters is 1. The summed E-state index contributed by atoms with van der Waals surface area (Å²) in [5.41, 5.74) is 1.74. The Bertz CT molecular complexity index is 2010. The van der Waals surface area contributed by atoms with Gasteiger partial charge < -0.3 is 68.5 Å². The number of hydrogen-bond donors (Lipinski definition) is 5. The number of hydrogen-bond acceptors (Lipinski definition) is 15. The third-order valence-corrected chi connectivity index (χ3v) is 12.5. The summed E-state index contributed by atoms with van der Waals surface area (Å²) in [6.07, 6.45) is -9.02. The zero-order valence-electron chi connectivity index (χ0n) is 36.4. The summed E-state index contributed by atoms with van der Waals surface area (Å²) in [7, 11) is 1.30. The van der Waals surface area contributed by atoms with Gasteiger partial charge in [-0.1, -0.05) is 116 Å². The molecule has 2 aliphatic heterocycles. The summed E-state index contributed by atoms with van der Waals surface area (Å²) in [6.45, 7) is 7.31. The van der Waals surface area contributed by atoms with Gasteiger partial charge in [0.2, 0.25) is 0 Å². The van der Waals surface area contributed by atoms with E-state index in [1.54, 1.807) is 0 Å². The van der Waals surface area contributed by atoms with E-state index in [9.17, 15) is 25.2 Å². The fourth-order valence-electron chi connectivity index (χ4n) is 9.19. The maximum atomic E-state index is 13.4. The summed E-state index contributed by atoms with van der Waals surface area (Å²) < 4.78 is 57.7. The van der Waals surface area contributed by atoms with Crippen molar-refractivity contribution in [3.8, 4) is 0 Å². The van der Waals surface area contributed by atoms with E-state index in [1.807, 2.05) is 111 Å². The smallest absolute Gasteiger partial charge is 0.312 e. The van der Waals surface area contributed by atoms with Gasteiger partial charge in [-0.3, -0.25) is 4.79 Å². The highest BCUT2D eigenvalue weighted by Gasteiger charge is 2.73. The number of ether oxygens (including phenoxy) is 9. The van der Waals surface area contributed by atoms with Crippen LogP contribution in [0.15, 0.2) is 115 Å². The molecule has 0 spiro atoms. The van der Waals surface area contributed by atoms with Crippen molar-refractivity contribution in [3.05, 3.63) is 132 Å². The molecule has 3 aromatic carbocycles. The lowest BCUT2D eigenvalue weighted by molar-refractivity contribution is -0.331. The molecule has 0 radical (unpaired) electrons. The van der Waals surface area contributed by atoms with E-state index < -0.39 is 109 Å². The van der Waals surface area contributed by atoms with Crippen LogP contribution in [0.5, 0.6) is 0 Å². The highest BCUT2D eigenvalue weighted by molar-refractivity contribution is 5.88. The van der Waals surface area contributed by atoms with Crippen LogP contribution in [0.4, 0.5) is 0 Å². The lowest BCUT2D eigenvalue weighted by Gasteiger charge is -2.46. The number of carbonyl (C=O) groups is 1. The molecule has 10 unspecified atom stereocenters. The largest absolute Gasteiger partial charge is 0.469 e. The fraction of sp³-hybridized carbons (Fsp3) is 0.510. The van der Waals surface area contributed by atoms with Gasteiger partial charge >= 0.3 is 5.97 Å². The standard InChI is InChI=1S/C49H61NO14/c1-5-22-57-46(55)38(50)36-40(53)39(52)35(25-51)62-47(36)64-49-24-34(45(54)56-4)23-33(6-2)37(49)44(49)63-48-43(60-28-32-20-14-9-15-21-32)42(59-27-31-18-12-8-13-19-31)41(29(3)61-48)58-26-30-16-10-7-11-17-30/h5,7-21,23,29,34-37,39-44,46-48,50-53,55H,1,6,22,24-28H2,2-4H3/t29?,34?,35?,36?,37-,39-,40?,41+,42?,43?,44?,46?,47-,48-,49?/m0/s1. The minimum absolute atomic E-state index is 0.0327. The quantitative estimate of drug-likeness (QED) is 0.0436. The Morgan fingerprint density at radius 2 is 1.42 bits per heavy atom. The second kappa shape index (κ2) is 21.9. The molecule has 1 saturated carbocycles. The van der Waals surface area contributed by atoms with Gasteiger partial charge in [0.15, 0.2) is 18.9 Å². The first-order valence-electron chi connectivity index (χ1n) is 21.9. The molecule has 15 nitrogen and oxygen atoms in total. The van der Waals surface area contributed by atoms with Crippen molar-refractivity contribution in [1.82, 2.24) is 0 Å². The lowest BCUT2D eigenvalue weighted by atomic mass is 9.85. The lowest BCUT2D eigenvalue weighted by Crippen LogP contribution is -2.61. The summed E-state index contributed by atoms with van der Waals surface area (Å²) in [6, 6.07) is 29.3. The number of methoxy groups -OCH3 is 1. The second-order valence-electron chi connectivity index (χ2n) is 16.7. The van der Waals surface area contributed by atoms with Gasteiger partial charge in [-0.25, -0.2) is 0 Å². The summed E-state index contributed by atoms with van der Waals surface area (Å²) >= 11 is 0. The number of aliphatic hydroxyl groups excluding tert-OH is 4. The Morgan fingerprint density at radius 1 is 0.859 bits per heavy atom. The first kappa shape index (κ1) is 47.8. The van der Waals surface area contributed by atoms with Gasteiger partial charge in [0.25, 0.3) is 0 Å². The summed E-state index contributed by atoms with van der Waals surface area (Å²) in [4.78, 5) is 13.4. The normalized spacial score (nSPS) is 33.9. The highest BCUT2D eigenvalue weighted by Crippen LogP contribution is 2.62. The van der Waals surface area contributed by atoms with Gasteiger partial charge in [-0.15, -0.1) is 6.58 Å². The molecule has 3 fully saturated rings. The van der Waals surface area contributed by atoms with Crippen LogP contribution >= 0.6 is 0 Å². The van der Waals surface area contributed by atoms with Crippen molar-refractivity contribution in [2.45, 2.75) is 120 Å². The monoisotopic (exact) mass is 887 g/mol. The van der Waals surface area contributed by atoms with E-state index >= 15 is 0 Å². The van der Waals surface area contributed by atoms with E-state index in [0.717, 1.165) is 22.3 Å². The van der Waals surface area contributed by atoms with Gasteiger partial charge in [-0.05, 0) is 36.5 Å². The minimum Gasteiger partial charge on any atom is -0.469 e. The Morgan fingerprint density at radius 3 is 1.95 bits per heavy atom. The molecule has 0 amide bonds. The molecule has 346 valence electrons. The van der Waals surface area contributed by atoms with Crippen molar-refractivity contribution >= 4 is 11.7 Å². The molecular weight excluding hydrogens is 827 g/mol. The zero-order chi connectivity index (χ0) is 45.4. The first-order valence-corrected chi connectivity index (χ1v) is 21.9. The minimum atomic E-state index is -1.82. The molecule has 4 aliphatic rings. The fourth-order valence-corrected chi connectivity index (χ4v) is 9.19. The van der Waals surface area contributed by atoms with E-state index in [2.05, 4.69) is 6.58 Å². The van der Waals surface area contributed by atoms with Crippen LogP contribution in [-0.4, -0.2) is 126 Å². The van der Waals surface area contributed by atoms with Crippen molar-refractivity contribution in [1.29, 1.82) is 5.41 Å². The van der Waals surface area contributed by atoms with E-state index in [1.165, 1.54) is 13.2 Å². The topological polar surface area (TPSA) is 205 Å². The maximum Gasteiger partial charge on any atom is 0.312 e. The third kappa shape index (κ3) is 10.6. The molecule has 5 N–H and O–H groups in total. The number of fused-ring (bicyclic) bond motifs is 1. The van der Waals surface area contributed by atoms with Gasteiger partial charge in [0.1, 0.15) is 36.1 Å². The molecular formula is C49H61NO14. The second-order valence-corrected chi connectivity index (χ2v) is 16.7. The first-order chi connectivity index (χ1) is 31.0. The Balaban J connectivity index is 1.25. The summed E-state index contributed by atoms with van der Waals surface area (Å²) in [5, 5.41) is 52.5. The number of nitrogens with one attached hydrogen (secondary N) is 1. The average Bonchev–Trinajstić information content (AvgIpc) is 3.95. The van der Waals surface area contributed by atoms with Crippen molar-refractivity contribution in [2.75, 3.05) is 20.3 Å². The van der Waals surface area contributed by atoms with Gasteiger partial charge in [0, 0.05) is 5.92 Å². The SMILES string of the molecule is C=CCOC(O)C(=N)C1C(O)[C@@H](O)C(CO)O[C@H]1OC12CC(C(=O)OC)C=C(CC)[C@H]1C2O[C@@H]1OC(C)[C@@H](OCc2ccccc2)C(OCc2ccccc2)C1OCc1ccccc1. The molecule has 2 heterocycles. The Hall–Kier alpha value is -4.20. The van der Waals surface area contributed by atoms with Gasteiger partial charge in [0.05, 0.1) is 76.0 Å². The molecule has 0 aromatic heterocycles. The molecule has 7 rings (SSSR count). The van der Waals surface area contributed by atoms with Crippen LogP contribution in [0.2, 0.25) is 0 Å². The molecule has 3 aromatic rings. The number of carbonyl (C=O) groups excluding carboxylic acids is 1. The predicted molar refractivity (Wildman–Crippen MR) is 231 cm³/mol. The Labute approximate surface area is 374 Å². The van der Waals surface area contributed by atoms with Crippen LogP contribution in [-0.2, 0) is 67.2 Å². The van der Waals surface area contributed by atoms with Crippen LogP contribution in [0.3, 0.4) is 0 Å². The molecule has 0 bridgehead atoms. The molecule has 15 heteroatoms. The number of benzene rings is 3. The predicted octanol–water partition coefficient (Wildman–Crippen LogP) is 4.38. The van der Waals surface area contributed by atoms with E-state index in [0.29, 0.717) is 6.42 Å². The van der Waals surface area contributed by atoms with E-state index in [-0.39, 0.29) is 32.8 Å². The molecule has 2 saturated heterocycles. The molecule has 15 atom stereocenters. The average molecular weight is 888 g/mol. The number of rotatable bonds is 21. The number of aliphatic hydroxyl groups is 4. The van der Waals surface area contributed by atoms with Crippen molar-refractivity contribution in [3.63, 3.8) is 0 Å². The molecule has 64 heavy (non-hydrogen) atoms. The molecule has 2 aliphatic carbocycles. The van der Waals surface area contributed by atoms with Crippen molar-refractivity contribution < 1.29 is 67.9 Å². The van der Waals surface area contributed by atoms with E-state index in [4.69, 9.17) is 48.0 Å².